The Hall–Kier alpha value is -0.570. The molecular weight excluding hydrogens is 156 g/mol. The summed E-state index contributed by atoms with van der Waals surface area (Å²) in [6.45, 7) is 5.01. The third kappa shape index (κ3) is 1.78. The second-order valence-electron chi connectivity index (χ2n) is 3.91. The van der Waals surface area contributed by atoms with E-state index in [0.29, 0.717) is 13.2 Å². The van der Waals surface area contributed by atoms with Crippen LogP contribution in [0.4, 0.5) is 0 Å². The van der Waals surface area contributed by atoms with Crippen molar-refractivity contribution in [3.05, 3.63) is 0 Å². The van der Waals surface area contributed by atoms with Crippen molar-refractivity contribution in [1.82, 2.24) is 0 Å². The first-order chi connectivity index (χ1) is 5.55. The Labute approximate surface area is 72.7 Å². The third-order valence-corrected chi connectivity index (χ3v) is 2.79. The van der Waals surface area contributed by atoms with Crippen molar-refractivity contribution in [1.29, 1.82) is 0 Å². The molecule has 1 heterocycles. The second-order valence-corrected chi connectivity index (χ2v) is 3.91. The van der Waals surface area contributed by atoms with Gasteiger partial charge in [-0.2, -0.15) is 0 Å². The Balaban J connectivity index is 2.59. The molecule has 1 rings (SSSR count). The first-order valence-electron chi connectivity index (χ1n) is 4.36. The molecule has 0 saturated carbocycles. The summed E-state index contributed by atoms with van der Waals surface area (Å²) in [5.74, 6) is -0.432. The number of carbonyl (C=O) groups is 1. The molecule has 12 heavy (non-hydrogen) atoms. The molecule has 1 saturated heterocycles. The SMILES string of the molecule is CC(C)(C(=O)O)C1CCOCC1. The fraction of sp³-hybridized carbons (Fsp3) is 0.889. The Bertz CT molecular complexity index is 169. The lowest BCUT2D eigenvalue weighted by molar-refractivity contribution is -0.152. The van der Waals surface area contributed by atoms with Gasteiger partial charge in [0.25, 0.3) is 0 Å². The molecule has 0 unspecified atom stereocenters. The lowest BCUT2D eigenvalue weighted by Gasteiger charge is -2.33. The van der Waals surface area contributed by atoms with Crippen molar-refractivity contribution in [2.24, 2.45) is 11.3 Å². The minimum atomic E-state index is -0.700. The van der Waals surface area contributed by atoms with Crippen LogP contribution in [0.2, 0.25) is 0 Å². The van der Waals surface area contributed by atoms with Crippen molar-refractivity contribution in [3.8, 4) is 0 Å². The molecule has 0 aromatic heterocycles. The molecule has 70 valence electrons. The third-order valence-electron chi connectivity index (χ3n) is 2.79. The van der Waals surface area contributed by atoms with E-state index in [9.17, 15) is 4.79 Å². The second kappa shape index (κ2) is 3.44. The maximum absolute atomic E-state index is 10.9. The zero-order valence-electron chi connectivity index (χ0n) is 7.67. The van der Waals surface area contributed by atoms with Crippen LogP contribution in [-0.2, 0) is 9.53 Å². The van der Waals surface area contributed by atoms with E-state index in [-0.39, 0.29) is 5.92 Å². The van der Waals surface area contributed by atoms with Gasteiger partial charge >= 0.3 is 5.97 Å². The number of hydrogen-bond donors (Lipinski definition) is 1. The van der Waals surface area contributed by atoms with Crippen LogP contribution in [0, 0.1) is 11.3 Å². The summed E-state index contributed by atoms with van der Waals surface area (Å²) < 4.78 is 5.18. The van der Waals surface area contributed by atoms with Gasteiger partial charge < -0.3 is 9.84 Å². The van der Waals surface area contributed by atoms with Crippen molar-refractivity contribution in [2.75, 3.05) is 13.2 Å². The number of carboxylic acid groups (broad SMARTS) is 1. The van der Waals surface area contributed by atoms with Gasteiger partial charge in [-0.25, -0.2) is 0 Å². The average molecular weight is 172 g/mol. The topological polar surface area (TPSA) is 46.5 Å². The van der Waals surface area contributed by atoms with E-state index in [1.165, 1.54) is 0 Å². The molecule has 0 aliphatic carbocycles. The molecule has 0 spiro atoms. The zero-order valence-corrected chi connectivity index (χ0v) is 7.67. The van der Waals surface area contributed by atoms with Gasteiger partial charge in [-0.3, -0.25) is 4.79 Å². The quantitative estimate of drug-likeness (QED) is 0.687. The Kier molecular flexibility index (Phi) is 2.73. The molecular formula is C9H16O3. The molecule has 0 aromatic carbocycles. The molecule has 0 radical (unpaired) electrons. The highest BCUT2D eigenvalue weighted by atomic mass is 16.5. The zero-order chi connectivity index (χ0) is 9.19. The normalized spacial score (nSPS) is 20.8. The van der Waals surface area contributed by atoms with E-state index in [1.54, 1.807) is 13.8 Å². The van der Waals surface area contributed by atoms with Gasteiger partial charge in [-0.1, -0.05) is 0 Å². The minimum absolute atomic E-state index is 0.267. The van der Waals surface area contributed by atoms with E-state index in [4.69, 9.17) is 9.84 Å². The summed E-state index contributed by atoms with van der Waals surface area (Å²) in [4.78, 5) is 10.9. The molecule has 1 aliphatic rings. The van der Waals surface area contributed by atoms with Gasteiger partial charge in [0, 0.05) is 13.2 Å². The molecule has 3 nitrogen and oxygen atoms in total. The van der Waals surface area contributed by atoms with Crippen LogP contribution >= 0.6 is 0 Å². The molecule has 0 aromatic rings. The molecule has 3 heteroatoms. The Morgan fingerprint density at radius 2 is 1.92 bits per heavy atom. The van der Waals surface area contributed by atoms with Crippen LogP contribution < -0.4 is 0 Å². The first-order valence-corrected chi connectivity index (χ1v) is 4.36. The maximum Gasteiger partial charge on any atom is 0.309 e. The minimum Gasteiger partial charge on any atom is -0.481 e. The molecule has 0 amide bonds. The molecule has 0 bridgehead atoms. The van der Waals surface area contributed by atoms with E-state index < -0.39 is 11.4 Å². The summed E-state index contributed by atoms with van der Waals surface area (Å²) in [5, 5.41) is 8.95. The van der Waals surface area contributed by atoms with Crippen LogP contribution in [0.25, 0.3) is 0 Å². The van der Waals surface area contributed by atoms with E-state index in [2.05, 4.69) is 0 Å². The van der Waals surface area contributed by atoms with Crippen molar-refractivity contribution in [3.63, 3.8) is 0 Å². The molecule has 1 N–H and O–H groups in total. The number of hydrogen-bond acceptors (Lipinski definition) is 2. The van der Waals surface area contributed by atoms with Crippen molar-refractivity contribution < 1.29 is 14.6 Å². The Morgan fingerprint density at radius 3 is 2.33 bits per heavy atom. The van der Waals surface area contributed by atoms with Crippen LogP contribution in [0.5, 0.6) is 0 Å². The van der Waals surface area contributed by atoms with Crippen molar-refractivity contribution in [2.45, 2.75) is 26.7 Å². The number of aliphatic carboxylic acids is 1. The number of carboxylic acids is 1. The highest BCUT2D eigenvalue weighted by Gasteiger charge is 2.37. The summed E-state index contributed by atoms with van der Waals surface area (Å²) in [5.41, 5.74) is -0.593. The van der Waals surface area contributed by atoms with Gasteiger partial charge in [-0.15, -0.1) is 0 Å². The largest absolute Gasteiger partial charge is 0.481 e. The van der Waals surface area contributed by atoms with E-state index in [0.717, 1.165) is 12.8 Å². The van der Waals surface area contributed by atoms with Crippen LogP contribution in [0.1, 0.15) is 26.7 Å². The number of rotatable bonds is 2. The van der Waals surface area contributed by atoms with Crippen LogP contribution in [-0.4, -0.2) is 24.3 Å². The highest BCUT2D eigenvalue weighted by Crippen LogP contribution is 2.34. The van der Waals surface area contributed by atoms with Gasteiger partial charge in [0.2, 0.25) is 0 Å². The van der Waals surface area contributed by atoms with Crippen LogP contribution in [0.3, 0.4) is 0 Å². The van der Waals surface area contributed by atoms with Gasteiger partial charge in [-0.05, 0) is 32.6 Å². The molecule has 0 atom stereocenters. The first kappa shape index (κ1) is 9.52. The monoisotopic (exact) mass is 172 g/mol. The summed E-state index contributed by atoms with van der Waals surface area (Å²) >= 11 is 0. The standard InChI is InChI=1S/C9H16O3/c1-9(2,8(10)11)7-3-5-12-6-4-7/h7H,3-6H2,1-2H3,(H,10,11). The maximum atomic E-state index is 10.9. The lowest BCUT2D eigenvalue weighted by atomic mass is 9.75. The van der Waals surface area contributed by atoms with Gasteiger partial charge in [0.1, 0.15) is 0 Å². The lowest BCUT2D eigenvalue weighted by Crippen LogP contribution is -2.36. The molecule has 1 fully saturated rings. The summed E-state index contributed by atoms with van der Waals surface area (Å²) in [6, 6.07) is 0. The predicted molar refractivity (Wildman–Crippen MR) is 45.0 cm³/mol. The van der Waals surface area contributed by atoms with Crippen LogP contribution in [0.15, 0.2) is 0 Å². The highest BCUT2D eigenvalue weighted by molar-refractivity contribution is 5.74. The summed E-state index contributed by atoms with van der Waals surface area (Å²) in [7, 11) is 0. The van der Waals surface area contributed by atoms with Crippen molar-refractivity contribution >= 4 is 5.97 Å². The van der Waals surface area contributed by atoms with E-state index >= 15 is 0 Å². The predicted octanol–water partition coefficient (Wildman–Crippen LogP) is 1.52. The summed E-state index contributed by atoms with van der Waals surface area (Å²) in [6.07, 6.45) is 1.75. The Morgan fingerprint density at radius 1 is 1.42 bits per heavy atom. The van der Waals surface area contributed by atoms with Gasteiger partial charge in [0.15, 0.2) is 0 Å². The fourth-order valence-corrected chi connectivity index (χ4v) is 1.59. The smallest absolute Gasteiger partial charge is 0.309 e. The molecule has 1 aliphatic heterocycles. The fourth-order valence-electron chi connectivity index (χ4n) is 1.59. The van der Waals surface area contributed by atoms with Gasteiger partial charge in [0.05, 0.1) is 5.41 Å². The average Bonchev–Trinajstić information content (AvgIpc) is 2.06. The van der Waals surface area contributed by atoms with E-state index in [1.807, 2.05) is 0 Å². The number of ether oxygens (including phenoxy) is 1.